The second-order valence-electron chi connectivity index (χ2n) is 8.48. The number of nitrogens with one attached hydrogen (secondary N) is 2. The van der Waals surface area contributed by atoms with Gasteiger partial charge in [-0.05, 0) is 36.6 Å². The third kappa shape index (κ3) is 4.30. The number of rotatable bonds is 5. The van der Waals surface area contributed by atoms with Gasteiger partial charge in [0.15, 0.2) is 5.82 Å². The van der Waals surface area contributed by atoms with Crippen LogP contribution in [0.25, 0.3) is 33.1 Å². The lowest BCUT2D eigenvalue weighted by molar-refractivity contribution is 0.322. The Morgan fingerprint density at radius 1 is 1.17 bits per heavy atom. The van der Waals surface area contributed by atoms with E-state index >= 15 is 0 Å². The van der Waals surface area contributed by atoms with Crippen molar-refractivity contribution in [1.82, 2.24) is 19.5 Å². The summed E-state index contributed by atoms with van der Waals surface area (Å²) < 4.78 is 54.6. The summed E-state index contributed by atoms with van der Waals surface area (Å²) >= 11 is 0. The van der Waals surface area contributed by atoms with Gasteiger partial charge < -0.3 is 10.5 Å². The molecule has 1 saturated heterocycles. The third-order valence-electron chi connectivity index (χ3n) is 6.20. The Hall–Kier alpha value is -3.64. The zero-order valence-electron chi connectivity index (χ0n) is 18.7. The van der Waals surface area contributed by atoms with Crippen LogP contribution in [0.5, 0.6) is 0 Å². The Labute approximate surface area is 199 Å². The van der Waals surface area contributed by atoms with E-state index in [0.717, 1.165) is 0 Å². The molecular formula is C23H22F2N6O3S. The number of oxime groups is 1. The summed E-state index contributed by atoms with van der Waals surface area (Å²) in [6.45, 7) is 0.770. The lowest BCUT2D eigenvalue weighted by Crippen LogP contribution is -2.41. The van der Waals surface area contributed by atoms with Gasteiger partial charge in [-0.2, -0.15) is 5.10 Å². The summed E-state index contributed by atoms with van der Waals surface area (Å²) in [6.07, 6.45) is 3.56. The second-order valence-corrected chi connectivity index (χ2v) is 10.5. The Morgan fingerprint density at radius 3 is 2.54 bits per heavy atom. The molecule has 2 aromatic carbocycles. The Morgan fingerprint density at radius 2 is 1.89 bits per heavy atom. The highest BCUT2D eigenvalue weighted by Gasteiger charge is 2.26. The first-order chi connectivity index (χ1) is 16.8. The highest BCUT2D eigenvalue weighted by molar-refractivity contribution is 7.88. The van der Waals surface area contributed by atoms with E-state index in [2.05, 4.69) is 25.7 Å². The molecule has 0 aliphatic carbocycles. The van der Waals surface area contributed by atoms with Crippen molar-refractivity contribution in [3.63, 3.8) is 0 Å². The minimum absolute atomic E-state index is 0.0474. The highest BCUT2D eigenvalue weighted by Crippen LogP contribution is 2.36. The number of fused-ring (bicyclic) bond motifs is 3. The number of halogens is 2. The molecule has 5 rings (SSSR count). The molecule has 9 nitrogen and oxygen atoms in total. The molecule has 12 heteroatoms. The molecule has 35 heavy (non-hydrogen) atoms. The predicted octanol–water partition coefficient (Wildman–Crippen LogP) is 3.70. The number of hydrogen-bond donors (Lipinski definition) is 3. The number of nitrogens with zero attached hydrogens (tertiary/aromatic N) is 4. The summed E-state index contributed by atoms with van der Waals surface area (Å²) in [7, 11) is -3.25. The van der Waals surface area contributed by atoms with Crippen molar-refractivity contribution in [3.05, 3.63) is 53.6 Å². The summed E-state index contributed by atoms with van der Waals surface area (Å²) in [6, 6.07) is 8.65. The summed E-state index contributed by atoms with van der Waals surface area (Å²) in [5.41, 5.74) is 1.32. The zero-order chi connectivity index (χ0) is 24.7. The Balaban J connectivity index is 1.62. The fourth-order valence-corrected chi connectivity index (χ4v) is 5.34. The topological polar surface area (TPSA) is 124 Å². The first-order valence-electron chi connectivity index (χ1n) is 10.9. The van der Waals surface area contributed by atoms with E-state index in [0.29, 0.717) is 59.1 Å². The van der Waals surface area contributed by atoms with Crippen molar-refractivity contribution >= 4 is 43.9 Å². The molecule has 182 valence electrons. The molecule has 0 spiro atoms. The number of aromatic amines is 1. The lowest BCUT2D eigenvalue weighted by atomic mass is 10.00. The number of piperidine rings is 1. The van der Waals surface area contributed by atoms with Crippen molar-refractivity contribution in [1.29, 1.82) is 0 Å². The van der Waals surface area contributed by atoms with Gasteiger partial charge in [0.1, 0.15) is 17.2 Å². The van der Waals surface area contributed by atoms with Crippen molar-refractivity contribution in [2.24, 2.45) is 5.16 Å². The van der Waals surface area contributed by atoms with E-state index in [9.17, 15) is 17.2 Å². The van der Waals surface area contributed by atoms with Gasteiger partial charge in [0.2, 0.25) is 10.0 Å². The Bertz CT molecular complexity index is 1540. The monoisotopic (exact) mass is 500 g/mol. The summed E-state index contributed by atoms with van der Waals surface area (Å²) in [5, 5.41) is 23.7. The maximum atomic E-state index is 14.8. The number of benzene rings is 2. The van der Waals surface area contributed by atoms with Crippen LogP contribution >= 0.6 is 0 Å². The molecule has 4 aromatic rings. The highest BCUT2D eigenvalue weighted by atomic mass is 32.2. The number of anilines is 1. The van der Waals surface area contributed by atoms with E-state index in [4.69, 9.17) is 5.21 Å². The quantitative estimate of drug-likeness (QED) is 0.218. The molecule has 0 radical (unpaired) electrons. The summed E-state index contributed by atoms with van der Waals surface area (Å²) in [4.78, 5) is 4.63. The van der Waals surface area contributed by atoms with Gasteiger partial charge in [0, 0.05) is 29.9 Å². The minimum Gasteiger partial charge on any atom is -0.411 e. The predicted molar refractivity (Wildman–Crippen MR) is 129 cm³/mol. The smallest absolute Gasteiger partial charge is 0.211 e. The SMILES string of the molecule is CS(=O)(=O)N1CCC(Nc2n[nH]c3c2nc(-c2c(F)cccc2F)c2cc(/C=N/O)ccc23)CC1. The van der Waals surface area contributed by atoms with Gasteiger partial charge in [0.05, 0.1) is 29.2 Å². The third-order valence-corrected chi connectivity index (χ3v) is 7.51. The molecule has 1 aliphatic heterocycles. The van der Waals surface area contributed by atoms with Crippen LogP contribution in [0.1, 0.15) is 18.4 Å². The van der Waals surface area contributed by atoms with E-state index < -0.39 is 21.7 Å². The second kappa shape index (κ2) is 8.86. The number of H-pyrrole nitrogens is 1. The normalized spacial score (nSPS) is 16.0. The van der Waals surface area contributed by atoms with Gasteiger partial charge in [-0.15, -0.1) is 0 Å². The number of sulfonamides is 1. The maximum absolute atomic E-state index is 14.8. The standard InChI is InChI=1S/C23H22F2N6O3S/c1-35(33,34)31-9-7-14(8-10-31)27-23-22-21(29-30-23)15-6-5-13(12-26-32)11-16(15)20(28-22)19-17(24)3-2-4-18(19)25/h2-6,11-12,14,32H,7-10H2,1H3,(H2,27,29,30)/b26-12+. The maximum Gasteiger partial charge on any atom is 0.211 e. The summed E-state index contributed by atoms with van der Waals surface area (Å²) in [5.74, 6) is -1.10. The molecule has 0 atom stereocenters. The molecule has 0 saturated carbocycles. The van der Waals surface area contributed by atoms with Crippen LogP contribution in [0.4, 0.5) is 14.6 Å². The van der Waals surface area contributed by atoms with E-state index in [1.807, 2.05) is 0 Å². The molecule has 0 amide bonds. The molecule has 3 heterocycles. The van der Waals surface area contributed by atoms with E-state index in [1.165, 1.54) is 35.0 Å². The van der Waals surface area contributed by atoms with Crippen molar-refractivity contribution in [3.8, 4) is 11.3 Å². The largest absolute Gasteiger partial charge is 0.411 e. The molecule has 1 fully saturated rings. The van der Waals surface area contributed by atoms with Crippen LogP contribution in [-0.4, -0.2) is 64.7 Å². The number of hydrogen-bond acceptors (Lipinski definition) is 7. The van der Waals surface area contributed by atoms with E-state index in [1.54, 1.807) is 18.2 Å². The van der Waals surface area contributed by atoms with Gasteiger partial charge in [-0.25, -0.2) is 26.5 Å². The fraction of sp³-hybridized carbons (Fsp3) is 0.261. The molecule has 1 aliphatic rings. The first-order valence-corrected chi connectivity index (χ1v) is 12.8. The molecule has 3 N–H and O–H groups in total. The van der Waals surface area contributed by atoms with Crippen LogP contribution in [0, 0.1) is 11.6 Å². The van der Waals surface area contributed by atoms with Crippen LogP contribution < -0.4 is 5.32 Å². The first kappa shape index (κ1) is 23.1. The van der Waals surface area contributed by atoms with Crippen molar-refractivity contribution < 1.29 is 22.4 Å². The van der Waals surface area contributed by atoms with Gasteiger partial charge in [-0.1, -0.05) is 23.4 Å². The molecule has 0 bridgehead atoms. The Kier molecular flexibility index (Phi) is 5.85. The van der Waals surface area contributed by atoms with Crippen LogP contribution in [0.15, 0.2) is 41.6 Å². The van der Waals surface area contributed by atoms with Crippen LogP contribution in [0.2, 0.25) is 0 Å². The van der Waals surface area contributed by atoms with Crippen LogP contribution in [0.3, 0.4) is 0 Å². The average Bonchev–Trinajstić information content (AvgIpc) is 3.21. The van der Waals surface area contributed by atoms with Crippen molar-refractivity contribution in [2.45, 2.75) is 18.9 Å². The fourth-order valence-electron chi connectivity index (χ4n) is 4.47. The molecule has 0 unspecified atom stereocenters. The minimum atomic E-state index is -3.25. The molecular weight excluding hydrogens is 478 g/mol. The van der Waals surface area contributed by atoms with Gasteiger partial charge in [0.25, 0.3) is 0 Å². The lowest BCUT2D eigenvalue weighted by Gasteiger charge is -2.30. The van der Waals surface area contributed by atoms with Crippen molar-refractivity contribution in [2.75, 3.05) is 24.7 Å². The number of pyridine rings is 1. The van der Waals surface area contributed by atoms with Gasteiger partial charge in [-0.3, -0.25) is 5.10 Å². The number of aromatic nitrogens is 3. The average molecular weight is 501 g/mol. The molecule has 2 aromatic heterocycles. The zero-order valence-corrected chi connectivity index (χ0v) is 19.5. The van der Waals surface area contributed by atoms with E-state index in [-0.39, 0.29) is 17.3 Å². The van der Waals surface area contributed by atoms with Crippen LogP contribution in [-0.2, 0) is 10.0 Å². The van der Waals surface area contributed by atoms with Gasteiger partial charge >= 0.3 is 0 Å².